The molecule has 0 bridgehead atoms. The zero-order valence-electron chi connectivity index (χ0n) is 10.9. The number of hydrogen-bond donors (Lipinski definition) is 1. The summed E-state index contributed by atoms with van der Waals surface area (Å²) in [6.07, 6.45) is 4.65. The van der Waals surface area contributed by atoms with Gasteiger partial charge in [-0.3, -0.25) is 4.79 Å². The molecule has 0 heterocycles. The zero-order valence-corrected chi connectivity index (χ0v) is 11.8. The standard InChI is InChI=1S/C12H20NO3P/c1-8(2)16-12(15)10(4)13-11(14)9(3)7-17(5)6/h9-10H,1,5,7H2,2-4,6H3/p+1. The van der Waals surface area contributed by atoms with Crippen LogP contribution in [0.3, 0.4) is 0 Å². The monoisotopic (exact) mass is 258 g/mol. The van der Waals surface area contributed by atoms with Gasteiger partial charge in [-0.2, -0.15) is 0 Å². The van der Waals surface area contributed by atoms with E-state index in [0.29, 0.717) is 5.76 Å². The molecular formula is C12H21NO3P+. The minimum absolute atomic E-state index is 0.135. The molecule has 5 heteroatoms. The highest BCUT2D eigenvalue weighted by molar-refractivity contribution is 7.55. The van der Waals surface area contributed by atoms with Crippen LogP contribution in [0.1, 0.15) is 20.8 Å². The highest BCUT2D eigenvalue weighted by Crippen LogP contribution is 2.17. The lowest BCUT2D eigenvalue weighted by atomic mass is 10.2. The van der Waals surface area contributed by atoms with E-state index in [0.717, 1.165) is 6.16 Å². The molecule has 0 saturated heterocycles. The molecule has 0 aromatic rings. The highest BCUT2D eigenvalue weighted by Gasteiger charge is 2.23. The molecule has 0 aliphatic rings. The predicted octanol–water partition coefficient (Wildman–Crippen LogP) is 1.75. The van der Waals surface area contributed by atoms with E-state index in [4.69, 9.17) is 4.74 Å². The number of ether oxygens (including phenoxy) is 1. The third-order valence-corrected chi connectivity index (χ3v) is 3.19. The van der Waals surface area contributed by atoms with Gasteiger partial charge in [0.1, 0.15) is 12.2 Å². The zero-order chi connectivity index (χ0) is 13.6. The third kappa shape index (κ3) is 6.90. The van der Waals surface area contributed by atoms with Crippen LogP contribution in [0.4, 0.5) is 0 Å². The molecule has 0 saturated carbocycles. The van der Waals surface area contributed by atoms with Crippen LogP contribution in [0.2, 0.25) is 0 Å². The Bertz CT molecular complexity index is 339. The van der Waals surface area contributed by atoms with Gasteiger partial charge in [-0.25, -0.2) is 4.79 Å². The lowest BCUT2D eigenvalue weighted by Crippen LogP contribution is -2.42. The van der Waals surface area contributed by atoms with E-state index in [-0.39, 0.29) is 19.4 Å². The van der Waals surface area contributed by atoms with Crippen molar-refractivity contribution in [3.8, 4) is 0 Å². The van der Waals surface area contributed by atoms with E-state index in [2.05, 4.69) is 18.2 Å². The fraction of sp³-hybridized carbons (Fsp3) is 0.583. The van der Waals surface area contributed by atoms with Gasteiger partial charge in [0.05, 0.1) is 32.2 Å². The van der Waals surface area contributed by atoms with Crippen molar-refractivity contribution < 1.29 is 14.3 Å². The largest absolute Gasteiger partial charge is 0.430 e. The molecule has 0 spiro atoms. The molecule has 0 aromatic carbocycles. The minimum atomic E-state index is -0.658. The average Bonchev–Trinajstić information content (AvgIpc) is 2.15. The van der Waals surface area contributed by atoms with Gasteiger partial charge in [-0.05, 0) is 20.8 Å². The van der Waals surface area contributed by atoms with Gasteiger partial charge in [0, 0.05) is 0 Å². The SMILES string of the molecule is C=C(C)OC(=O)C(C)NC(=O)C(C)C[P+](=C)C. The molecule has 0 aliphatic heterocycles. The molecule has 0 aliphatic carbocycles. The smallest absolute Gasteiger partial charge is 0.333 e. The second kappa shape index (κ2) is 7.23. The number of carbonyl (C=O) groups is 2. The van der Waals surface area contributed by atoms with Crippen LogP contribution in [0.25, 0.3) is 0 Å². The summed E-state index contributed by atoms with van der Waals surface area (Å²) in [5.41, 5.74) is 0. The van der Waals surface area contributed by atoms with E-state index in [9.17, 15) is 9.59 Å². The van der Waals surface area contributed by atoms with Crippen LogP contribution in [0, 0.1) is 5.92 Å². The van der Waals surface area contributed by atoms with Crippen molar-refractivity contribution in [2.75, 3.05) is 12.8 Å². The summed E-state index contributed by atoms with van der Waals surface area (Å²) >= 11 is 0. The van der Waals surface area contributed by atoms with E-state index in [1.807, 2.05) is 13.6 Å². The van der Waals surface area contributed by atoms with Crippen LogP contribution < -0.4 is 5.32 Å². The van der Waals surface area contributed by atoms with Crippen molar-refractivity contribution in [1.29, 1.82) is 0 Å². The second-order valence-corrected chi connectivity index (χ2v) is 6.37. The molecule has 0 rings (SSSR count). The molecule has 17 heavy (non-hydrogen) atoms. The van der Waals surface area contributed by atoms with Crippen molar-refractivity contribution in [2.24, 2.45) is 5.92 Å². The molecule has 1 N–H and O–H groups in total. The number of hydrogen-bond acceptors (Lipinski definition) is 3. The van der Waals surface area contributed by atoms with Crippen molar-refractivity contribution in [3.63, 3.8) is 0 Å². The first-order valence-electron chi connectivity index (χ1n) is 5.43. The Hall–Kier alpha value is -1.15. The molecule has 0 radical (unpaired) electrons. The molecule has 1 amide bonds. The highest BCUT2D eigenvalue weighted by atomic mass is 31.1. The van der Waals surface area contributed by atoms with Gasteiger partial charge in [-0.15, -0.1) is 0 Å². The van der Waals surface area contributed by atoms with Crippen LogP contribution in [-0.2, 0) is 14.3 Å². The van der Waals surface area contributed by atoms with Gasteiger partial charge >= 0.3 is 5.97 Å². The average molecular weight is 258 g/mol. The van der Waals surface area contributed by atoms with Crippen molar-refractivity contribution in [1.82, 2.24) is 5.32 Å². The van der Waals surface area contributed by atoms with Crippen molar-refractivity contribution in [2.45, 2.75) is 26.8 Å². The number of rotatable bonds is 6. The lowest BCUT2D eigenvalue weighted by Gasteiger charge is -2.15. The number of esters is 1. The molecule has 0 fully saturated rings. The van der Waals surface area contributed by atoms with Crippen LogP contribution >= 0.6 is 7.55 Å². The maximum absolute atomic E-state index is 11.7. The summed E-state index contributed by atoms with van der Waals surface area (Å²) in [6.45, 7) is 10.5. The van der Waals surface area contributed by atoms with Gasteiger partial charge < -0.3 is 10.1 Å². The summed E-state index contributed by atoms with van der Waals surface area (Å²) in [4.78, 5) is 23.1. The fourth-order valence-electron chi connectivity index (χ4n) is 1.23. The molecule has 96 valence electrons. The lowest BCUT2D eigenvalue weighted by molar-refractivity contribution is -0.143. The maximum Gasteiger partial charge on any atom is 0.333 e. The summed E-state index contributed by atoms with van der Waals surface area (Å²) in [5, 5.41) is 2.62. The van der Waals surface area contributed by atoms with Gasteiger partial charge in [0.2, 0.25) is 5.91 Å². The van der Waals surface area contributed by atoms with E-state index >= 15 is 0 Å². The number of carbonyl (C=O) groups excluding carboxylic acids is 2. The summed E-state index contributed by atoms with van der Waals surface area (Å²) in [5.74, 6) is -0.455. The number of allylic oxidation sites excluding steroid dienone is 1. The van der Waals surface area contributed by atoms with Gasteiger partial charge in [0.25, 0.3) is 0 Å². The Balaban J connectivity index is 4.24. The van der Waals surface area contributed by atoms with E-state index in [1.54, 1.807) is 13.8 Å². The summed E-state index contributed by atoms with van der Waals surface area (Å²) < 4.78 is 4.82. The van der Waals surface area contributed by atoms with Gasteiger partial charge in [0.15, 0.2) is 0 Å². The third-order valence-electron chi connectivity index (χ3n) is 2.02. The summed E-state index contributed by atoms with van der Waals surface area (Å²) in [6, 6.07) is -0.658. The van der Waals surface area contributed by atoms with E-state index in [1.165, 1.54) is 0 Å². The van der Waals surface area contributed by atoms with Crippen LogP contribution in [0.5, 0.6) is 0 Å². The first kappa shape index (κ1) is 15.9. The molecule has 4 nitrogen and oxygen atoms in total. The Kier molecular flexibility index (Phi) is 6.74. The quantitative estimate of drug-likeness (QED) is 0.448. The summed E-state index contributed by atoms with van der Waals surface area (Å²) in [7, 11) is -0.368. The Morgan fingerprint density at radius 3 is 2.35 bits per heavy atom. The molecule has 3 atom stereocenters. The normalized spacial score (nSPS) is 14.5. The first-order valence-corrected chi connectivity index (χ1v) is 7.59. The molecular weight excluding hydrogens is 237 g/mol. The van der Waals surface area contributed by atoms with Gasteiger partial charge in [-0.1, -0.05) is 6.58 Å². The number of amides is 1. The Morgan fingerprint density at radius 1 is 1.41 bits per heavy atom. The fourth-order valence-corrected chi connectivity index (χ4v) is 2.33. The first-order chi connectivity index (χ1) is 7.73. The topological polar surface area (TPSA) is 55.4 Å². The minimum Gasteiger partial charge on any atom is -0.430 e. The van der Waals surface area contributed by atoms with Crippen LogP contribution in [-0.4, -0.2) is 37.0 Å². The number of nitrogens with one attached hydrogen (secondary N) is 1. The van der Waals surface area contributed by atoms with E-state index < -0.39 is 12.0 Å². The molecule has 0 aromatic heterocycles. The maximum atomic E-state index is 11.7. The van der Waals surface area contributed by atoms with Crippen molar-refractivity contribution >= 4 is 25.7 Å². The Morgan fingerprint density at radius 2 is 1.94 bits per heavy atom. The van der Waals surface area contributed by atoms with Crippen LogP contribution in [0.15, 0.2) is 12.3 Å². The molecule has 3 unspecified atom stereocenters. The Labute approximate surface area is 104 Å². The predicted molar refractivity (Wildman–Crippen MR) is 72.5 cm³/mol. The second-order valence-electron chi connectivity index (χ2n) is 4.29. The van der Waals surface area contributed by atoms with Crippen molar-refractivity contribution in [3.05, 3.63) is 12.3 Å².